The van der Waals surface area contributed by atoms with Crippen LogP contribution in [-0.2, 0) is 5.41 Å². The SMILES string of the molecule is [2H]c1c([2H])c([2H])c(-c2c([2H])c([2H])c(N(c3c([2H])c([2H])c([2H])c4c3C(C([2H])([2H])[2H])(C([2H])([2H])[2H])c3c([2H])c([2H])c([2H])c([2H])c3-4)c3c([2H])c([2H])c4oc5c([2H])c(-c6c([2H])c([2H])c([2H])c([2H])c6[2H])c6c([2H])c([2H])c([2H])c([2H])c6c5c4c3[2H])c([2H])c2[2H])c([2H])c1[2H]. The highest BCUT2D eigenvalue weighted by Gasteiger charge is 2.38. The number of hydrogen-bond donors (Lipinski definition) is 0. The molecule has 0 atom stereocenters. The molecule has 0 unspecified atom stereocenters. The summed E-state index contributed by atoms with van der Waals surface area (Å²) >= 11 is 0. The Hall–Kier alpha value is -6.38. The molecule has 1 aliphatic rings. The minimum Gasteiger partial charge on any atom is -0.456 e. The predicted molar refractivity (Wildman–Crippen MR) is 214 cm³/mol. The Balaban J connectivity index is 1.53. The summed E-state index contributed by atoms with van der Waals surface area (Å²) in [4.78, 5) is 0.168. The second kappa shape index (κ2) is 11.3. The van der Waals surface area contributed by atoms with Crippen molar-refractivity contribution in [2.75, 3.05) is 4.90 Å². The third-order valence-corrected chi connectivity index (χ3v) is 8.20. The van der Waals surface area contributed by atoms with Gasteiger partial charge >= 0.3 is 0 Å². The van der Waals surface area contributed by atoms with Crippen LogP contribution < -0.4 is 4.90 Å². The zero-order chi connectivity index (χ0) is 64.3. The number of fused-ring (bicyclic) bond motifs is 8. The van der Waals surface area contributed by atoms with Crippen molar-refractivity contribution >= 4 is 49.8 Å². The van der Waals surface area contributed by atoms with Gasteiger partial charge in [-0.15, -0.1) is 0 Å². The average Bonchev–Trinajstić information content (AvgIpc) is 1.47. The Bertz CT molecular complexity index is 4570. The van der Waals surface area contributed by atoms with Gasteiger partial charge in [-0.3, -0.25) is 0 Å². The summed E-state index contributed by atoms with van der Waals surface area (Å²) in [6, 6.07) is -33.6. The highest BCUT2D eigenvalue weighted by Crippen LogP contribution is 2.54. The van der Waals surface area contributed by atoms with Crippen LogP contribution in [0.5, 0.6) is 0 Å². The molecule has 1 aliphatic carbocycles. The molecule has 0 radical (unpaired) electrons. The van der Waals surface area contributed by atoms with Gasteiger partial charge in [0.05, 0.1) is 45.4 Å². The largest absolute Gasteiger partial charge is 0.456 e. The summed E-state index contributed by atoms with van der Waals surface area (Å²) in [6.07, 6.45) is 0. The van der Waals surface area contributed by atoms with Crippen molar-refractivity contribution in [2.45, 2.75) is 19.1 Å². The maximum atomic E-state index is 10.3. The standard InChI is InChI=1S/C49H35NO/c1-49(2)43-22-12-11-19-38(43)40-21-13-23-44(48(40)49)50(35-26-24-33(25-27-35)32-14-5-3-6-15-32)36-28-29-45-42(30-36)47-39-20-10-9-18-37(39)41(31-46(47)51-45)34-16-7-4-8-17-34/h3-31H,1-2H3/i1D3,2D3,3D,4D,5D,6D,7D,8D,9D,10D,11D,12D,13D,14D,15D,16D,17D,18D,19D,20D,21D,22D,23D,24D,25D,26D,27D,28D,29D,30D,31D. The minimum atomic E-state index is -4.16. The zero-order valence-electron chi connectivity index (χ0n) is 60.4. The van der Waals surface area contributed by atoms with E-state index in [0.29, 0.717) is 0 Å². The Morgan fingerprint density at radius 2 is 1.14 bits per heavy atom. The lowest BCUT2D eigenvalue weighted by Gasteiger charge is -2.32. The van der Waals surface area contributed by atoms with E-state index in [2.05, 4.69) is 0 Å². The fourth-order valence-electron chi connectivity index (χ4n) is 6.04. The molecule has 0 saturated heterocycles. The molecule has 8 aromatic carbocycles. The molecule has 242 valence electrons. The van der Waals surface area contributed by atoms with E-state index in [0.717, 1.165) is 0 Å². The van der Waals surface area contributed by atoms with E-state index < -0.39 is 289 Å². The van der Waals surface area contributed by atoms with Crippen molar-refractivity contribution in [3.05, 3.63) is 186 Å². The number of nitrogens with zero attached hydrogens (tertiary/aromatic N) is 1. The quantitative estimate of drug-likeness (QED) is 0.179. The molecule has 10 rings (SSSR count). The summed E-state index contributed by atoms with van der Waals surface area (Å²) in [5.74, 6) is 0. The highest BCUT2D eigenvalue weighted by molar-refractivity contribution is 6.22. The van der Waals surface area contributed by atoms with E-state index in [1.54, 1.807) is 0 Å². The maximum Gasteiger partial charge on any atom is 0.136 e. The minimum absolute atomic E-state index is 0.168. The Morgan fingerprint density at radius 1 is 0.490 bits per heavy atom. The molecular formula is C49H35NO. The number of furan rings is 1. The van der Waals surface area contributed by atoms with Gasteiger partial charge in [0, 0.05) is 35.8 Å². The summed E-state index contributed by atoms with van der Waals surface area (Å²) in [6.45, 7) is -8.33. The van der Waals surface area contributed by atoms with Gasteiger partial charge in [0.15, 0.2) is 0 Å². The lowest BCUT2D eigenvalue weighted by Crippen LogP contribution is -2.20. The van der Waals surface area contributed by atoms with Crippen molar-refractivity contribution in [2.24, 2.45) is 0 Å². The van der Waals surface area contributed by atoms with Gasteiger partial charge in [0.25, 0.3) is 0 Å². The van der Waals surface area contributed by atoms with Crippen molar-refractivity contribution < 1.29 is 52.4 Å². The third-order valence-electron chi connectivity index (χ3n) is 8.20. The van der Waals surface area contributed by atoms with E-state index in [4.69, 9.17) is 34.6 Å². The van der Waals surface area contributed by atoms with Crippen molar-refractivity contribution in [3.8, 4) is 33.4 Å². The fourth-order valence-corrected chi connectivity index (χ4v) is 6.04. The van der Waals surface area contributed by atoms with Crippen LogP contribution in [0.4, 0.5) is 17.1 Å². The van der Waals surface area contributed by atoms with Gasteiger partial charge in [-0.25, -0.2) is 0 Å². The molecular weight excluding hydrogens is 619 g/mol. The first kappa shape index (κ1) is 10.8. The molecule has 0 fully saturated rings. The monoisotopic (exact) mass is 688 g/mol. The zero-order valence-corrected chi connectivity index (χ0v) is 25.4. The molecule has 1 aromatic heterocycles. The van der Waals surface area contributed by atoms with Gasteiger partial charge in [0.1, 0.15) is 11.2 Å². The molecule has 0 saturated carbocycles. The van der Waals surface area contributed by atoms with Gasteiger partial charge in [0.2, 0.25) is 0 Å². The summed E-state index contributed by atoms with van der Waals surface area (Å²) in [5.41, 5.74) is -18.2. The molecule has 0 spiro atoms. The molecule has 2 heteroatoms. The topological polar surface area (TPSA) is 16.4 Å². The fraction of sp³-hybridized carbons (Fsp3) is 0.0612. The van der Waals surface area contributed by atoms with E-state index in [1.807, 2.05) is 0 Å². The number of rotatable bonds is 5. The first-order chi connectivity index (χ1) is 39.6. The number of benzene rings is 8. The first-order valence-corrected chi connectivity index (χ1v) is 14.8. The second-order valence-electron chi connectivity index (χ2n) is 11.0. The molecule has 0 amide bonds. The van der Waals surface area contributed by atoms with Crippen LogP contribution in [0.1, 0.15) is 72.8 Å². The summed E-state index contributed by atoms with van der Waals surface area (Å²) in [5, 5.41) is -3.14. The van der Waals surface area contributed by atoms with E-state index in [-0.39, 0.29) is 4.90 Å². The van der Waals surface area contributed by atoms with E-state index >= 15 is 0 Å². The van der Waals surface area contributed by atoms with Crippen molar-refractivity contribution in [1.29, 1.82) is 0 Å². The Morgan fingerprint density at radius 3 is 1.92 bits per heavy atom. The van der Waals surface area contributed by atoms with Crippen LogP contribution in [-0.4, -0.2) is 0 Å². The van der Waals surface area contributed by atoms with Crippen LogP contribution in [0, 0.1) is 0 Å². The Kier molecular flexibility index (Phi) is 2.40. The van der Waals surface area contributed by atoms with E-state index in [9.17, 15) is 17.8 Å². The normalized spacial score (nSPS) is 23.3. The van der Waals surface area contributed by atoms with Crippen molar-refractivity contribution in [3.63, 3.8) is 0 Å². The van der Waals surface area contributed by atoms with E-state index in [1.165, 1.54) is 0 Å². The molecule has 51 heavy (non-hydrogen) atoms. The lowest BCUT2D eigenvalue weighted by molar-refractivity contribution is 0.660. The average molecular weight is 689 g/mol. The number of anilines is 3. The molecule has 0 bridgehead atoms. The van der Waals surface area contributed by atoms with Gasteiger partial charge in [-0.1, -0.05) is 147 Å². The Labute approximate surface area is 347 Å². The molecule has 9 aromatic rings. The third kappa shape index (κ3) is 4.57. The van der Waals surface area contributed by atoms with Gasteiger partial charge in [-0.05, 0) is 97.6 Å². The van der Waals surface area contributed by atoms with Crippen LogP contribution in [0.2, 0.25) is 0 Å². The lowest BCUT2D eigenvalue weighted by atomic mass is 9.81. The van der Waals surface area contributed by atoms with Crippen LogP contribution in [0.15, 0.2) is 180 Å². The van der Waals surface area contributed by atoms with Crippen LogP contribution in [0.3, 0.4) is 0 Å². The molecule has 2 nitrogen and oxygen atoms in total. The molecule has 1 heterocycles. The second-order valence-corrected chi connectivity index (χ2v) is 11.0. The number of hydrogen-bond acceptors (Lipinski definition) is 2. The maximum absolute atomic E-state index is 10.3. The van der Waals surface area contributed by atoms with Crippen molar-refractivity contribution in [1.82, 2.24) is 0 Å². The summed E-state index contributed by atoms with van der Waals surface area (Å²) < 4.78 is 324. The smallest absolute Gasteiger partial charge is 0.136 e. The summed E-state index contributed by atoms with van der Waals surface area (Å²) in [7, 11) is 0. The van der Waals surface area contributed by atoms with Gasteiger partial charge < -0.3 is 9.32 Å². The van der Waals surface area contributed by atoms with Crippen LogP contribution in [0.25, 0.3) is 66.1 Å². The molecule has 0 N–H and O–H groups in total. The van der Waals surface area contributed by atoms with Gasteiger partial charge in [-0.2, -0.15) is 0 Å². The first-order valence-electron chi connectivity index (χ1n) is 32.3. The predicted octanol–water partition coefficient (Wildman–Crippen LogP) is 13.8. The van der Waals surface area contributed by atoms with Crippen LogP contribution >= 0.6 is 0 Å². The highest BCUT2D eigenvalue weighted by atomic mass is 16.3. The molecule has 0 aliphatic heterocycles.